The van der Waals surface area contributed by atoms with Gasteiger partial charge in [-0.1, -0.05) is 26.0 Å². The van der Waals surface area contributed by atoms with Crippen LogP contribution in [-0.4, -0.2) is 23.0 Å². The number of hydrogen-bond acceptors (Lipinski definition) is 3. The van der Waals surface area contributed by atoms with Gasteiger partial charge in [-0.15, -0.1) is 0 Å². The van der Waals surface area contributed by atoms with Crippen molar-refractivity contribution in [1.82, 2.24) is 10.3 Å². The standard InChI is InChI=1S/C16H21N3O/c1-3-16(17,4-2)11-19-15(20)13-7-5-9-14-12(13)8-6-10-18-14/h5-10H,3-4,11,17H2,1-2H3,(H,19,20). The number of rotatable bonds is 5. The first kappa shape index (κ1) is 14.5. The van der Waals surface area contributed by atoms with E-state index in [1.54, 1.807) is 6.20 Å². The fraction of sp³-hybridized carbons (Fsp3) is 0.375. The Morgan fingerprint density at radius 1 is 1.25 bits per heavy atom. The van der Waals surface area contributed by atoms with E-state index in [1.807, 2.05) is 44.2 Å². The van der Waals surface area contributed by atoms with E-state index in [9.17, 15) is 4.79 Å². The molecule has 106 valence electrons. The summed E-state index contributed by atoms with van der Waals surface area (Å²) in [6, 6.07) is 9.31. The van der Waals surface area contributed by atoms with Crippen molar-refractivity contribution in [3.05, 3.63) is 42.1 Å². The van der Waals surface area contributed by atoms with Crippen molar-refractivity contribution in [1.29, 1.82) is 0 Å². The lowest BCUT2D eigenvalue weighted by Gasteiger charge is -2.26. The van der Waals surface area contributed by atoms with E-state index < -0.39 is 0 Å². The maximum atomic E-state index is 12.3. The summed E-state index contributed by atoms with van der Waals surface area (Å²) in [6.45, 7) is 4.56. The molecule has 1 aromatic heterocycles. The molecule has 1 heterocycles. The van der Waals surface area contributed by atoms with Crippen molar-refractivity contribution in [2.45, 2.75) is 32.2 Å². The summed E-state index contributed by atoms with van der Waals surface area (Å²) in [7, 11) is 0. The van der Waals surface area contributed by atoms with Crippen LogP contribution in [0.15, 0.2) is 36.5 Å². The average molecular weight is 271 g/mol. The van der Waals surface area contributed by atoms with Gasteiger partial charge in [-0.3, -0.25) is 9.78 Å². The molecule has 0 unspecified atom stereocenters. The van der Waals surface area contributed by atoms with Crippen LogP contribution in [0.5, 0.6) is 0 Å². The van der Waals surface area contributed by atoms with E-state index in [4.69, 9.17) is 5.73 Å². The molecule has 0 aliphatic rings. The lowest BCUT2D eigenvalue weighted by Crippen LogP contribution is -2.49. The van der Waals surface area contributed by atoms with Crippen molar-refractivity contribution < 1.29 is 4.79 Å². The number of nitrogens with two attached hydrogens (primary N) is 1. The number of fused-ring (bicyclic) bond motifs is 1. The number of carbonyl (C=O) groups is 1. The zero-order chi connectivity index (χ0) is 14.6. The first-order valence-corrected chi connectivity index (χ1v) is 7.00. The molecule has 0 aliphatic carbocycles. The van der Waals surface area contributed by atoms with Gasteiger partial charge in [0.05, 0.1) is 5.52 Å². The number of nitrogens with one attached hydrogen (secondary N) is 1. The third kappa shape index (κ3) is 2.96. The van der Waals surface area contributed by atoms with E-state index in [0.717, 1.165) is 23.7 Å². The molecule has 0 bridgehead atoms. The predicted octanol–water partition coefficient (Wildman–Crippen LogP) is 2.48. The minimum Gasteiger partial charge on any atom is -0.350 e. The van der Waals surface area contributed by atoms with Crippen LogP contribution in [-0.2, 0) is 0 Å². The number of carbonyl (C=O) groups excluding carboxylic acids is 1. The van der Waals surface area contributed by atoms with Crippen molar-refractivity contribution in [2.75, 3.05) is 6.54 Å². The van der Waals surface area contributed by atoms with Crippen LogP contribution in [0.1, 0.15) is 37.0 Å². The van der Waals surface area contributed by atoms with Gasteiger partial charge in [0.15, 0.2) is 0 Å². The molecule has 4 heteroatoms. The summed E-state index contributed by atoms with van der Waals surface area (Å²) < 4.78 is 0. The molecule has 3 N–H and O–H groups in total. The number of amides is 1. The molecule has 2 rings (SSSR count). The Balaban J connectivity index is 2.20. The molecule has 1 aromatic carbocycles. The van der Waals surface area contributed by atoms with Gasteiger partial charge < -0.3 is 11.1 Å². The summed E-state index contributed by atoms with van der Waals surface area (Å²) in [4.78, 5) is 16.6. The monoisotopic (exact) mass is 271 g/mol. The summed E-state index contributed by atoms with van der Waals surface area (Å²) in [5.74, 6) is -0.0969. The quantitative estimate of drug-likeness (QED) is 0.878. The van der Waals surface area contributed by atoms with Crippen LogP contribution < -0.4 is 11.1 Å². The minimum atomic E-state index is -0.335. The Morgan fingerprint density at radius 2 is 2.00 bits per heavy atom. The first-order chi connectivity index (χ1) is 9.59. The average Bonchev–Trinajstić information content (AvgIpc) is 2.51. The SMILES string of the molecule is CCC(N)(CC)CNC(=O)c1cccc2ncccc12. The fourth-order valence-corrected chi connectivity index (χ4v) is 2.15. The highest BCUT2D eigenvalue weighted by Crippen LogP contribution is 2.17. The van der Waals surface area contributed by atoms with E-state index in [2.05, 4.69) is 10.3 Å². The second kappa shape index (κ2) is 6.01. The summed E-state index contributed by atoms with van der Waals surface area (Å²) >= 11 is 0. The van der Waals surface area contributed by atoms with E-state index >= 15 is 0 Å². The van der Waals surface area contributed by atoms with Crippen LogP contribution in [0.4, 0.5) is 0 Å². The molecule has 0 radical (unpaired) electrons. The van der Waals surface area contributed by atoms with Gasteiger partial charge >= 0.3 is 0 Å². The van der Waals surface area contributed by atoms with Crippen LogP contribution >= 0.6 is 0 Å². The molecule has 0 spiro atoms. The van der Waals surface area contributed by atoms with Gasteiger partial charge in [0.2, 0.25) is 0 Å². The number of hydrogen-bond donors (Lipinski definition) is 2. The molecule has 0 fully saturated rings. The Hall–Kier alpha value is -1.94. The van der Waals surface area contributed by atoms with E-state index in [1.165, 1.54) is 0 Å². The third-order valence-corrected chi connectivity index (χ3v) is 3.90. The van der Waals surface area contributed by atoms with Gasteiger partial charge in [0, 0.05) is 29.2 Å². The topological polar surface area (TPSA) is 68.0 Å². The highest BCUT2D eigenvalue weighted by atomic mass is 16.1. The van der Waals surface area contributed by atoms with E-state index in [0.29, 0.717) is 12.1 Å². The predicted molar refractivity (Wildman–Crippen MR) is 81.6 cm³/mol. The van der Waals surface area contributed by atoms with Crippen molar-refractivity contribution >= 4 is 16.8 Å². The maximum absolute atomic E-state index is 12.3. The summed E-state index contributed by atoms with van der Waals surface area (Å²) in [5, 5.41) is 3.81. The number of aromatic nitrogens is 1. The Kier molecular flexibility index (Phi) is 4.35. The molecule has 0 atom stereocenters. The Morgan fingerprint density at radius 3 is 2.70 bits per heavy atom. The zero-order valence-corrected chi connectivity index (χ0v) is 12.0. The molecular weight excluding hydrogens is 250 g/mol. The molecule has 0 saturated heterocycles. The van der Waals surface area contributed by atoms with Crippen molar-refractivity contribution in [2.24, 2.45) is 5.73 Å². The molecular formula is C16H21N3O. The van der Waals surface area contributed by atoms with Crippen LogP contribution in [0, 0.1) is 0 Å². The fourth-order valence-electron chi connectivity index (χ4n) is 2.15. The molecule has 0 aliphatic heterocycles. The largest absolute Gasteiger partial charge is 0.350 e. The Labute approximate surface area is 119 Å². The maximum Gasteiger partial charge on any atom is 0.252 e. The molecule has 20 heavy (non-hydrogen) atoms. The number of benzene rings is 1. The van der Waals surface area contributed by atoms with Gasteiger partial charge in [-0.25, -0.2) is 0 Å². The molecule has 1 amide bonds. The smallest absolute Gasteiger partial charge is 0.252 e. The minimum absolute atomic E-state index is 0.0969. The Bertz CT molecular complexity index is 600. The summed E-state index contributed by atoms with van der Waals surface area (Å²) in [6.07, 6.45) is 3.39. The second-order valence-electron chi connectivity index (χ2n) is 5.13. The van der Waals surface area contributed by atoms with Crippen LogP contribution in [0.25, 0.3) is 10.9 Å². The van der Waals surface area contributed by atoms with Gasteiger partial charge in [-0.05, 0) is 31.0 Å². The summed E-state index contributed by atoms with van der Waals surface area (Å²) in [5.41, 5.74) is 7.34. The number of nitrogens with zero attached hydrogens (tertiary/aromatic N) is 1. The molecule has 0 saturated carbocycles. The molecule has 2 aromatic rings. The van der Waals surface area contributed by atoms with Gasteiger partial charge in [0.25, 0.3) is 5.91 Å². The van der Waals surface area contributed by atoms with Crippen LogP contribution in [0.3, 0.4) is 0 Å². The second-order valence-corrected chi connectivity index (χ2v) is 5.13. The zero-order valence-electron chi connectivity index (χ0n) is 12.0. The highest BCUT2D eigenvalue weighted by Gasteiger charge is 2.21. The lowest BCUT2D eigenvalue weighted by atomic mass is 9.94. The van der Waals surface area contributed by atoms with E-state index in [-0.39, 0.29) is 11.4 Å². The van der Waals surface area contributed by atoms with Gasteiger partial charge in [-0.2, -0.15) is 0 Å². The van der Waals surface area contributed by atoms with Crippen molar-refractivity contribution in [3.63, 3.8) is 0 Å². The molecule has 4 nitrogen and oxygen atoms in total. The van der Waals surface area contributed by atoms with Crippen LogP contribution in [0.2, 0.25) is 0 Å². The third-order valence-electron chi connectivity index (χ3n) is 3.90. The lowest BCUT2D eigenvalue weighted by molar-refractivity contribution is 0.0944. The number of pyridine rings is 1. The normalized spacial score (nSPS) is 11.6. The highest BCUT2D eigenvalue weighted by molar-refractivity contribution is 6.06. The first-order valence-electron chi connectivity index (χ1n) is 7.00. The van der Waals surface area contributed by atoms with Crippen molar-refractivity contribution in [3.8, 4) is 0 Å². The van der Waals surface area contributed by atoms with Gasteiger partial charge in [0.1, 0.15) is 0 Å².